The molecule has 0 aromatic heterocycles. The topological polar surface area (TPSA) is 38.8 Å². The highest BCUT2D eigenvalue weighted by atomic mass is 16.6. The average Bonchev–Trinajstić information content (AvgIpc) is 2.15. The van der Waals surface area contributed by atoms with Gasteiger partial charge < -0.3 is 9.47 Å². The fourth-order valence-electron chi connectivity index (χ4n) is 1.56. The van der Waals surface area contributed by atoms with Crippen molar-refractivity contribution in [3.05, 3.63) is 0 Å². The zero-order chi connectivity index (χ0) is 9.84. The molecule has 1 aliphatic rings. The molecule has 0 spiro atoms. The molecule has 0 aliphatic carbocycles. The van der Waals surface area contributed by atoms with Crippen molar-refractivity contribution in [1.82, 2.24) is 4.90 Å². The van der Waals surface area contributed by atoms with Crippen LogP contribution in [0.15, 0.2) is 0 Å². The largest absolute Gasteiger partial charge is 0.467 e. The second-order valence-corrected chi connectivity index (χ2v) is 3.31. The van der Waals surface area contributed by atoms with E-state index in [1.807, 2.05) is 6.92 Å². The summed E-state index contributed by atoms with van der Waals surface area (Å²) < 4.78 is 10.1. The van der Waals surface area contributed by atoms with Crippen LogP contribution in [0.25, 0.3) is 0 Å². The first kappa shape index (κ1) is 10.5. The van der Waals surface area contributed by atoms with Gasteiger partial charge in [-0.3, -0.25) is 4.90 Å². The van der Waals surface area contributed by atoms with Crippen LogP contribution < -0.4 is 0 Å². The first-order chi connectivity index (χ1) is 6.17. The molecule has 0 bridgehead atoms. The van der Waals surface area contributed by atoms with Gasteiger partial charge in [-0.15, -0.1) is 0 Å². The van der Waals surface area contributed by atoms with E-state index in [-0.39, 0.29) is 12.1 Å². The molecule has 1 fully saturated rings. The van der Waals surface area contributed by atoms with Crippen molar-refractivity contribution in [2.24, 2.45) is 0 Å². The molecule has 1 heterocycles. The van der Waals surface area contributed by atoms with Gasteiger partial charge in [0, 0.05) is 13.1 Å². The summed E-state index contributed by atoms with van der Waals surface area (Å²) in [6.45, 7) is 6.53. The normalized spacial score (nSPS) is 30.1. The van der Waals surface area contributed by atoms with Crippen LogP contribution in [0.5, 0.6) is 0 Å². The first-order valence-electron chi connectivity index (χ1n) is 4.63. The summed E-state index contributed by atoms with van der Waals surface area (Å²) in [5, 5.41) is 0. The number of hydrogen-bond acceptors (Lipinski definition) is 4. The van der Waals surface area contributed by atoms with Gasteiger partial charge in [0.05, 0.1) is 13.2 Å². The maximum absolute atomic E-state index is 11.2. The summed E-state index contributed by atoms with van der Waals surface area (Å²) >= 11 is 0. The number of carbonyl (C=O) groups is 1. The van der Waals surface area contributed by atoms with E-state index in [4.69, 9.17) is 4.74 Å². The van der Waals surface area contributed by atoms with Crippen LogP contribution in [-0.2, 0) is 14.3 Å². The van der Waals surface area contributed by atoms with Crippen molar-refractivity contribution in [3.63, 3.8) is 0 Å². The minimum absolute atomic E-state index is 0.109. The Kier molecular flexibility index (Phi) is 3.69. The van der Waals surface area contributed by atoms with Gasteiger partial charge in [-0.2, -0.15) is 0 Å². The minimum atomic E-state index is -0.409. The molecule has 0 N–H and O–H groups in total. The van der Waals surface area contributed by atoms with E-state index in [0.717, 1.165) is 13.1 Å². The van der Waals surface area contributed by atoms with E-state index in [2.05, 4.69) is 16.6 Å². The zero-order valence-corrected chi connectivity index (χ0v) is 8.45. The Hall–Kier alpha value is -0.610. The molecule has 0 aromatic rings. The van der Waals surface area contributed by atoms with E-state index >= 15 is 0 Å². The molecule has 1 saturated heterocycles. The Balaban J connectivity index is 2.51. The van der Waals surface area contributed by atoms with Gasteiger partial charge in [-0.1, -0.05) is 6.92 Å². The van der Waals surface area contributed by atoms with E-state index in [9.17, 15) is 4.79 Å². The molecule has 4 heteroatoms. The maximum Gasteiger partial charge on any atom is 0.336 e. The Morgan fingerprint density at radius 3 is 2.85 bits per heavy atom. The van der Waals surface area contributed by atoms with Crippen molar-refractivity contribution in [3.8, 4) is 0 Å². The lowest BCUT2D eigenvalue weighted by atomic mass is 10.2. The molecule has 0 aromatic carbocycles. The highest BCUT2D eigenvalue weighted by molar-refractivity contribution is 5.74. The second-order valence-electron chi connectivity index (χ2n) is 3.31. The highest BCUT2D eigenvalue weighted by Crippen LogP contribution is 2.11. The number of carbonyl (C=O) groups excluding carboxylic acids is 1. The molecule has 1 unspecified atom stereocenters. The van der Waals surface area contributed by atoms with Gasteiger partial charge in [-0.05, 0) is 13.5 Å². The molecule has 1 aliphatic heterocycles. The second kappa shape index (κ2) is 4.58. The monoisotopic (exact) mass is 187 g/mol. The third-order valence-corrected chi connectivity index (χ3v) is 2.25. The summed E-state index contributed by atoms with van der Waals surface area (Å²) in [5.41, 5.74) is 0. The number of ether oxygens (including phenoxy) is 2. The maximum atomic E-state index is 11.2. The number of nitrogens with zero attached hydrogens (tertiary/aromatic N) is 1. The molecule has 4 nitrogen and oxygen atoms in total. The number of hydrogen-bond donors (Lipinski definition) is 0. The lowest BCUT2D eigenvalue weighted by molar-refractivity contribution is -0.166. The molecule has 0 radical (unpaired) electrons. The Labute approximate surface area is 78.8 Å². The van der Waals surface area contributed by atoms with Gasteiger partial charge >= 0.3 is 5.97 Å². The van der Waals surface area contributed by atoms with Gasteiger partial charge in [0.1, 0.15) is 0 Å². The van der Waals surface area contributed by atoms with Crippen LogP contribution in [0.3, 0.4) is 0 Å². The van der Waals surface area contributed by atoms with Crippen LogP contribution in [0, 0.1) is 0 Å². The molecular formula is C9H17NO3. The van der Waals surface area contributed by atoms with Crippen molar-refractivity contribution < 1.29 is 14.3 Å². The summed E-state index contributed by atoms with van der Waals surface area (Å²) in [5.74, 6) is -0.273. The van der Waals surface area contributed by atoms with E-state index < -0.39 is 6.10 Å². The van der Waals surface area contributed by atoms with Crippen LogP contribution in [0.4, 0.5) is 0 Å². The van der Waals surface area contributed by atoms with Crippen LogP contribution in [-0.4, -0.2) is 49.8 Å². The van der Waals surface area contributed by atoms with Crippen LogP contribution in [0.1, 0.15) is 13.8 Å². The summed E-state index contributed by atoms with van der Waals surface area (Å²) in [6, 6.07) is 0. The third-order valence-electron chi connectivity index (χ3n) is 2.25. The number of esters is 1. The molecule has 0 saturated carbocycles. The number of rotatable bonds is 2. The molecule has 76 valence electrons. The predicted molar refractivity (Wildman–Crippen MR) is 48.5 cm³/mol. The van der Waals surface area contributed by atoms with Crippen molar-refractivity contribution in [2.75, 3.05) is 26.7 Å². The van der Waals surface area contributed by atoms with E-state index in [0.29, 0.717) is 6.54 Å². The fourth-order valence-corrected chi connectivity index (χ4v) is 1.56. The quantitative estimate of drug-likeness (QED) is 0.582. The summed E-state index contributed by atoms with van der Waals surface area (Å²) in [4.78, 5) is 13.4. The molecule has 2 atom stereocenters. The van der Waals surface area contributed by atoms with Crippen LogP contribution in [0.2, 0.25) is 0 Å². The van der Waals surface area contributed by atoms with E-state index in [1.165, 1.54) is 7.11 Å². The average molecular weight is 187 g/mol. The van der Waals surface area contributed by atoms with Crippen molar-refractivity contribution in [2.45, 2.75) is 26.1 Å². The van der Waals surface area contributed by atoms with Crippen molar-refractivity contribution >= 4 is 5.97 Å². The highest BCUT2D eigenvalue weighted by Gasteiger charge is 2.29. The summed E-state index contributed by atoms with van der Waals surface area (Å²) in [7, 11) is 1.39. The number of likely N-dealkylation sites (N-methyl/N-ethyl adjacent to an activating group) is 1. The SMILES string of the molecule is CCN1CC(C(=O)OC)O[C@H](C)C1. The Bertz CT molecular complexity index is 184. The smallest absolute Gasteiger partial charge is 0.336 e. The Morgan fingerprint density at radius 2 is 2.31 bits per heavy atom. The van der Waals surface area contributed by atoms with Gasteiger partial charge in [-0.25, -0.2) is 4.79 Å². The molecule has 1 rings (SSSR count). The zero-order valence-electron chi connectivity index (χ0n) is 8.45. The lowest BCUT2D eigenvalue weighted by Crippen LogP contribution is -2.49. The standard InChI is InChI=1S/C9H17NO3/c1-4-10-5-7(2)13-8(6-10)9(11)12-3/h7-8H,4-6H2,1-3H3/t7-,8?/m1/s1. The number of methoxy groups -OCH3 is 1. The molecular weight excluding hydrogens is 170 g/mol. The van der Waals surface area contributed by atoms with Crippen molar-refractivity contribution in [1.29, 1.82) is 0 Å². The number of morpholine rings is 1. The van der Waals surface area contributed by atoms with Gasteiger partial charge in [0.25, 0.3) is 0 Å². The van der Waals surface area contributed by atoms with Crippen LogP contribution >= 0.6 is 0 Å². The first-order valence-corrected chi connectivity index (χ1v) is 4.63. The van der Waals surface area contributed by atoms with Gasteiger partial charge in [0.2, 0.25) is 0 Å². The third kappa shape index (κ3) is 2.67. The molecule has 0 amide bonds. The Morgan fingerprint density at radius 1 is 1.62 bits per heavy atom. The van der Waals surface area contributed by atoms with Gasteiger partial charge in [0.15, 0.2) is 6.10 Å². The summed E-state index contributed by atoms with van der Waals surface area (Å²) in [6.07, 6.45) is -0.300. The molecule has 13 heavy (non-hydrogen) atoms. The predicted octanol–water partition coefficient (Wildman–Crippen LogP) is 0.269. The lowest BCUT2D eigenvalue weighted by Gasteiger charge is -2.34. The fraction of sp³-hybridized carbons (Fsp3) is 0.889. The van der Waals surface area contributed by atoms with E-state index in [1.54, 1.807) is 0 Å². The minimum Gasteiger partial charge on any atom is -0.467 e.